The fraction of sp³-hybridized carbons (Fsp3) is 0.185. The van der Waals surface area contributed by atoms with Crippen molar-refractivity contribution in [1.29, 1.82) is 0 Å². The fourth-order valence-electron chi connectivity index (χ4n) is 3.58. The number of halogens is 2. The number of ether oxygens (including phenoxy) is 1. The Morgan fingerprint density at radius 3 is 2.62 bits per heavy atom. The van der Waals surface area contributed by atoms with Gasteiger partial charge in [-0.05, 0) is 88.4 Å². The van der Waals surface area contributed by atoms with Gasteiger partial charge in [0.1, 0.15) is 11.3 Å². The highest BCUT2D eigenvalue weighted by atomic mass is 79.9. The number of anilines is 1. The Kier molecular flexibility index (Phi) is 7.54. The van der Waals surface area contributed by atoms with Crippen LogP contribution in [0.3, 0.4) is 0 Å². The largest absolute Gasteiger partial charge is 0.495 e. The van der Waals surface area contributed by atoms with E-state index >= 15 is 0 Å². The van der Waals surface area contributed by atoms with Crippen molar-refractivity contribution in [1.82, 2.24) is 4.98 Å². The summed E-state index contributed by atoms with van der Waals surface area (Å²) in [6.07, 6.45) is 4.26. The first-order valence-electron chi connectivity index (χ1n) is 10.9. The lowest BCUT2D eigenvalue weighted by Crippen LogP contribution is -2.07. The number of rotatable bonds is 7. The van der Waals surface area contributed by atoms with Gasteiger partial charge in [0.05, 0.1) is 11.6 Å². The van der Waals surface area contributed by atoms with E-state index in [1.165, 1.54) is 11.6 Å². The first-order valence-corrected chi connectivity index (χ1v) is 12.5. The highest BCUT2D eigenvalue weighted by Crippen LogP contribution is 2.33. The number of hydrogen-bond donors (Lipinski definition) is 1. The molecule has 5 nitrogen and oxygen atoms in total. The third-order valence-corrected chi connectivity index (χ3v) is 6.69. The number of fused-ring (bicyclic) bond motifs is 1. The summed E-state index contributed by atoms with van der Waals surface area (Å²) in [6.45, 7) is 4.38. The topological polar surface area (TPSA) is 64.4 Å². The molecule has 1 aromatic heterocycles. The van der Waals surface area contributed by atoms with Gasteiger partial charge in [-0.1, -0.05) is 35.8 Å². The second kappa shape index (κ2) is 10.6. The summed E-state index contributed by atoms with van der Waals surface area (Å²) < 4.78 is 13.0. The minimum atomic E-state index is -0.245. The van der Waals surface area contributed by atoms with E-state index in [4.69, 9.17) is 9.15 Å². The lowest BCUT2D eigenvalue weighted by molar-refractivity contribution is -0.111. The number of carbonyl (C=O) groups excluding carboxylic acids is 1. The van der Waals surface area contributed by atoms with Gasteiger partial charge in [0.2, 0.25) is 11.8 Å². The molecule has 0 aliphatic carbocycles. The lowest BCUT2D eigenvalue weighted by Gasteiger charge is -2.08. The molecule has 0 aliphatic rings. The molecule has 1 heterocycles. The van der Waals surface area contributed by atoms with Crippen LogP contribution in [0.4, 0.5) is 5.69 Å². The molecule has 174 valence electrons. The Bertz CT molecular complexity index is 1360. The number of carbonyl (C=O) groups is 1. The van der Waals surface area contributed by atoms with Crippen molar-refractivity contribution in [3.63, 3.8) is 0 Å². The number of benzene rings is 3. The van der Waals surface area contributed by atoms with E-state index in [0.29, 0.717) is 23.2 Å². The van der Waals surface area contributed by atoms with Crippen molar-refractivity contribution in [3.8, 4) is 17.2 Å². The number of methoxy groups -OCH3 is 1. The maximum Gasteiger partial charge on any atom is 0.248 e. The van der Waals surface area contributed by atoms with Gasteiger partial charge in [-0.25, -0.2) is 4.98 Å². The predicted molar refractivity (Wildman–Crippen MR) is 144 cm³/mol. The monoisotopic (exact) mass is 582 g/mol. The number of nitrogens with one attached hydrogen (secondary N) is 1. The molecule has 0 radical (unpaired) electrons. The molecular weight excluding hydrogens is 560 g/mol. The third-order valence-electron chi connectivity index (χ3n) is 5.65. The first-order chi connectivity index (χ1) is 16.4. The molecule has 1 unspecified atom stereocenters. The summed E-state index contributed by atoms with van der Waals surface area (Å²) in [5, 5.41) is 2.87. The summed E-state index contributed by atoms with van der Waals surface area (Å²) in [7, 11) is 1.59. The maximum atomic E-state index is 12.4. The second-order valence-corrected chi connectivity index (χ2v) is 9.74. The van der Waals surface area contributed by atoms with Crippen molar-refractivity contribution in [2.75, 3.05) is 12.4 Å². The summed E-state index contributed by atoms with van der Waals surface area (Å²) in [5.74, 6) is 1.45. The van der Waals surface area contributed by atoms with Gasteiger partial charge >= 0.3 is 0 Å². The molecule has 1 amide bonds. The van der Waals surface area contributed by atoms with Gasteiger partial charge in [-0.15, -0.1) is 0 Å². The van der Waals surface area contributed by atoms with E-state index in [2.05, 4.69) is 68.1 Å². The standard InChI is InChI=1S/C27H24Br2N2O3/c1-4-16(2)18-7-11-24-23(14-18)31-27(34-24)17-5-9-21(10-6-17)30-25(32)12-8-19-13-20(28)15-22(29)26(19)33-3/h5-16H,4H2,1-3H3,(H,30,32)/b12-8+. The number of oxazole rings is 1. The second-order valence-electron chi connectivity index (χ2n) is 7.97. The van der Waals surface area contributed by atoms with Crippen LogP contribution in [-0.2, 0) is 4.79 Å². The minimum Gasteiger partial charge on any atom is -0.495 e. The Balaban J connectivity index is 1.47. The number of amides is 1. The van der Waals surface area contributed by atoms with Crippen molar-refractivity contribution in [2.45, 2.75) is 26.2 Å². The normalized spacial score (nSPS) is 12.3. The Morgan fingerprint density at radius 1 is 1.15 bits per heavy atom. The van der Waals surface area contributed by atoms with Crippen LogP contribution in [0, 0.1) is 0 Å². The molecule has 4 aromatic rings. The molecule has 4 rings (SSSR count). The van der Waals surface area contributed by atoms with Crippen LogP contribution < -0.4 is 10.1 Å². The van der Waals surface area contributed by atoms with Crippen LogP contribution in [0.2, 0.25) is 0 Å². The zero-order valence-corrected chi connectivity index (χ0v) is 22.2. The lowest BCUT2D eigenvalue weighted by atomic mass is 9.98. The van der Waals surface area contributed by atoms with Crippen molar-refractivity contribution < 1.29 is 13.9 Å². The fourth-order valence-corrected chi connectivity index (χ4v) is 5.00. The smallest absolute Gasteiger partial charge is 0.248 e. The summed E-state index contributed by atoms with van der Waals surface area (Å²) >= 11 is 6.92. The van der Waals surface area contributed by atoms with Crippen LogP contribution in [0.15, 0.2) is 74.0 Å². The van der Waals surface area contributed by atoms with Crippen LogP contribution >= 0.6 is 31.9 Å². The van der Waals surface area contributed by atoms with E-state index in [9.17, 15) is 4.79 Å². The molecule has 7 heteroatoms. The van der Waals surface area contributed by atoms with E-state index in [-0.39, 0.29) is 5.91 Å². The molecular formula is C27H24Br2N2O3. The van der Waals surface area contributed by atoms with Crippen molar-refractivity contribution >= 4 is 60.6 Å². The highest BCUT2D eigenvalue weighted by molar-refractivity contribution is 9.11. The quantitative estimate of drug-likeness (QED) is 0.223. The Labute approximate surface area is 215 Å². The molecule has 0 fully saturated rings. The van der Waals surface area contributed by atoms with E-state index in [1.807, 2.05) is 42.5 Å². The molecule has 34 heavy (non-hydrogen) atoms. The molecule has 1 atom stereocenters. The van der Waals surface area contributed by atoms with Gasteiger partial charge in [0, 0.05) is 27.4 Å². The van der Waals surface area contributed by atoms with E-state index in [1.54, 1.807) is 13.2 Å². The zero-order valence-electron chi connectivity index (χ0n) is 19.1. The van der Waals surface area contributed by atoms with Crippen LogP contribution in [-0.4, -0.2) is 18.0 Å². The van der Waals surface area contributed by atoms with E-state index in [0.717, 1.165) is 37.6 Å². The van der Waals surface area contributed by atoms with Gasteiger partial charge in [0.25, 0.3) is 0 Å². The van der Waals surface area contributed by atoms with Gasteiger partial charge in [0.15, 0.2) is 5.58 Å². The summed E-state index contributed by atoms with van der Waals surface area (Å²) in [4.78, 5) is 17.1. The summed E-state index contributed by atoms with van der Waals surface area (Å²) in [5.41, 5.74) is 5.18. The predicted octanol–water partition coefficient (Wildman–Crippen LogP) is 8.19. The molecule has 0 bridgehead atoms. The van der Waals surface area contributed by atoms with Gasteiger partial charge in [-0.3, -0.25) is 4.79 Å². The molecule has 3 aromatic carbocycles. The van der Waals surface area contributed by atoms with Crippen LogP contribution in [0.1, 0.15) is 37.3 Å². The molecule has 0 aliphatic heterocycles. The molecule has 1 N–H and O–H groups in total. The first kappa shape index (κ1) is 24.2. The number of aromatic nitrogens is 1. The Hall–Kier alpha value is -2.90. The average Bonchev–Trinajstić information content (AvgIpc) is 3.26. The van der Waals surface area contributed by atoms with Gasteiger partial charge in [-0.2, -0.15) is 0 Å². The minimum absolute atomic E-state index is 0.245. The molecule has 0 spiro atoms. The zero-order chi connectivity index (χ0) is 24.2. The van der Waals surface area contributed by atoms with Crippen LogP contribution in [0.25, 0.3) is 28.6 Å². The summed E-state index contributed by atoms with van der Waals surface area (Å²) in [6, 6.07) is 17.4. The van der Waals surface area contributed by atoms with Crippen molar-refractivity contribution in [3.05, 3.63) is 80.7 Å². The van der Waals surface area contributed by atoms with Crippen molar-refractivity contribution in [2.24, 2.45) is 0 Å². The SMILES string of the molecule is CCC(C)c1ccc2oc(-c3ccc(NC(=O)/C=C/c4cc(Br)cc(Br)c4OC)cc3)nc2c1. The number of nitrogens with zero attached hydrogens (tertiary/aromatic N) is 1. The highest BCUT2D eigenvalue weighted by Gasteiger charge is 2.12. The molecule has 0 saturated heterocycles. The third kappa shape index (κ3) is 5.42. The number of hydrogen-bond acceptors (Lipinski definition) is 4. The average molecular weight is 584 g/mol. The Morgan fingerprint density at radius 2 is 1.91 bits per heavy atom. The van der Waals surface area contributed by atoms with Crippen LogP contribution in [0.5, 0.6) is 5.75 Å². The van der Waals surface area contributed by atoms with Gasteiger partial charge < -0.3 is 14.5 Å². The maximum absolute atomic E-state index is 12.4. The van der Waals surface area contributed by atoms with E-state index < -0.39 is 0 Å². The molecule has 0 saturated carbocycles.